The number of ether oxygens (including phenoxy) is 1. The van der Waals surface area contributed by atoms with E-state index in [1.54, 1.807) is 24.3 Å². The quantitative estimate of drug-likeness (QED) is 0.312. The third-order valence-electron chi connectivity index (χ3n) is 1.68. The Morgan fingerprint density at radius 2 is 2.21 bits per heavy atom. The van der Waals surface area contributed by atoms with E-state index < -0.39 is 4.92 Å². The summed E-state index contributed by atoms with van der Waals surface area (Å²) in [4.78, 5) is 10.2. The van der Waals surface area contributed by atoms with Gasteiger partial charge in [-0.15, -0.1) is 6.58 Å². The van der Waals surface area contributed by atoms with Crippen molar-refractivity contribution >= 4 is 5.69 Å². The van der Waals surface area contributed by atoms with Gasteiger partial charge in [0.2, 0.25) is 0 Å². The molecule has 0 saturated carbocycles. The van der Waals surface area contributed by atoms with Crippen LogP contribution in [0.4, 0.5) is 5.69 Å². The number of hydrogen-bond acceptors (Lipinski definition) is 3. The normalized spacial score (nSPS) is 9.71. The minimum atomic E-state index is -0.410. The lowest BCUT2D eigenvalue weighted by Crippen LogP contribution is -1.98. The molecule has 0 saturated heterocycles. The Morgan fingerprint density at radius 1 is 1.50 bits per heavy atom. The smallest absolute Gasteiger partial charge is 0.274 e. The molecule has 1 aromatic rings. The Morgan fingerprint density at radius 3 is 2.86 bits per heavy atom. The van der Waals surface area contributed by atoms with Crippen molar-refractivity contribution in [3.05, 3.63) is 52.6 Å². The fourth-order valence-electron chi connectivity index (χ4n) is 1.06. The second-order valence-electron chi connectivity index (χ2n) is 2.69. The number of nitrogens with zero attached hydrogens (tertiary/aromatic N) is 1. The highest BCUT2D eigenvalue weighted by Crippen LogP contribution is 2.18. The first-order chi connectivity index (χ1) is 6.75. The molecule has 1 rings (SSSR count). The van der Waals surface area contributed by atoms with Gasteiger partial charge in [0.15, 0.2) is 0 Å². The van der Waals surface area contributed by atoms with Gasteiger partial charge in [0.1, 0.15) is 0 Å². The summed E-state index contributed by atoms with van der Waals surface area (Å²) in [6, 6.07) is 6.53. The Labute approximate surface area is 82.0 Å². The van der Waals surface area contributed by atoms with Crippen LogP contribution in [0.15, 0.2) is 36.9 Å². The van der Waals surface area contributed by atoms with E-state index in [4.69, 9.17) is 4.74 Å². The summed E-state index contributed by atoms with van der Waals surface area (Å²) >= 11 is 0. The molecule has 0 unspecified atom stereocenters. The Kier molecular flexibility index (Phi) is 3.82. The lowest BCUT2D eigenvalue weighted by molar-refractivity contribution is -0.385. The molecule has 0 spiro atoms. The maximum Gasteiger partial charge on any atom is 0.274 e. The molecule has 14 heavy (non-hydrogen) atoms. The first kappa shape index (κ1) is 10.4. The topological polar surface area (TPSA) is 52.4 Å². The number of hydrogen-bond donors (Lipinski definition) is 0. The Balaban J connectivity index is 2.74. The summed E-state index contributed by atoms with van der Waals surface area (Å²) < 4.78 is 5.14. The van der Waals surface area contributed by atoms with Gasteiger partial charge in [-0.2, -0.15) is 0 Å². The van der Waals surface area contributed by atoms with Crippen molar-refractivity contribution in [2.75, 3.05) is 6.61 Å². The number of rotatable bonds is 5. The van der Waals surface area contributed by atoms with Crippen LogP contribution in [0, 0.1) is 10.1 Å². The van der Waals surface area contributed by atoms with Gasteiger partial charge < -0.3 is 4.74 Å². The first-order valence-corrected chi connectivity index (χ1v) is 4.16. The maximum atomic E-state index is 10.6. The molecule has 0 atom stereocenters. The van der Waals surface area contributed by atoms with E-state index in [-0.39, 0.29) is 12.3 Å². The maximum absolute atomic E-state index is 10.6. The van der Waals surface area contributed by atoms with Crippen LogP contribution < -0.4 is 0 Å². The van der Waals surface area contributed by atoms with Crippen LogP contribution in [0.1, 0.15) is 5.56 Å². The van der Waals surface area contributed by atoms with Crippen molar-refractivity contribution in [1.29, 1.82) is 0 Å². The van der Waals surface area contributed by atoms with Crippen molar-refractivity contribution in [2.24, 2.45) is 0 Å². The summed E-state index contributed by atoms with van der Waals surface area (Å²) in [7, 11) is 0. The number of para-hydroxylation sites is 1. The lowest BCUT2D eigenvalue weighted by atomic mass is 10.2. The molecule has 0 amide bonds. The van der Waals surface area contributed by atoms with Crippen molar-refractivity contribution in [1.82, 2.24) is 0 Å². The highest BCUT2D eigenvalue weighted by atomic mass is 16.6. The SMILES string of the molecule is C=CCOCc1ccccc1[N+](=O)[O-]. The van der Waals surface area contributed by atoms with E-state index in [0.29, 0.717) is 12.2 Å². The second-order valence-corrected chi connectivity index (χ2v) is 2.69. The lowest BCUT2D eigenvalue weighted by Gasteiger charge is -2.02. The molecule has 0 aromatic heterocycles. The third kappa shape index (κ3) is 2.67. The van der Waals surface area contributed by atoms with Crippen LogP contribution in [0.25, 0.3) is 0 Å². The van der Waals surface area contributed by atoms with Gasteiger partial charge in [-0.05, 0) is 6.07 Å². The third-order valence-corrected chi connectivity index (χ3v) is 1.68. The molecule has 4 nitrogen and oxygen atoms in total. The summed E-state index contributed by atoms with van der Waals surface area (Å²) in [6.07, 6.45) is 1.61. The number of nitro benzene ring substituents is 1. The second kappa shape index (κ2) is 5.14. The van der Waals surface area contributed by atoms with Crippen LogP contribution in [-0.2, 0) is 11.3 Å². The van der Waals surface area contributed by atoms with Gasteiger partial charge >= 0.3 is 0 Å². The van der Waals surface area contributed by atoms with Gasteiger partial charge in [-0.1, -0.05) is 18.2 Å². The van der Waals surface area contributed by atoms with Crippen LogP contribution in [-0.4, -0.2) is 11.5 Å². The standard InChI is InChI=1S/C10H11NO3/c1-2-7-14-8-9-5-3-4-6-10(9)11(12)13/h2-6H,1,7-8H2. The van der Waals surface area contributed by atoms with Crippen molar-refractivity contribution in [2.45, 2.75) is 6.61 Å². The van der Waals surface area contributed by atoms with Crippen molar-refractivity contribution in [3.63, 3.8) is 0 Å². The molecule has 0 heterocycles. The monoisotopic (exact) mass is 193 g/mol. The first-order valence-electron chi connectivity index (χ1n) is 4.16. The molecule has 0 N–H and O–H groups in total. The fraction of sp³-hybridized carbons (Fsp3) is 0.200. The Hall–Kier alpha value is -1.68. The van der Waals surface area contributed by atoms with Crippen molar-refractivity contribution < 1.29 is 9.66 Å². The zero-order valence-electron chi connectivity index (χ0n) is 7.68. The molecule has 0 bridgehead atoms. The zero-order chi connectivity index (χ0) is 10.4. The summed E-state index contributed by atoms with van der Waals surface area (Å²) in [5.41, 5.74) is 0.677. The van der Waals surface area contributed by atoms with Gasteiger partial charge in [0, 0.05) is 6.07 Å². The minimum absolute atomic E-state index is 0.0940. The average molecular weight is 193 g/mol. The van der Waals surface area contributed by atoms with Gasteiger partial charge in [-0.3, -0.25) is 10.1 Å². The number of nitro groups is 1. The predicted molar refractivity (Wildman–Crippen MR) is 52.9 cm³/mol. The minimum Gasteiger partial charge on any atom is -0.372 e. The highest BCUT2D eigenvalue weighted by Gasteiger charge is 2.11. The molecule has 0 aliphatic rings. The van der Waals surface area contributed by atoms with Gasteiger partial charge in [0.25, 0.3) is 5.69 Å². The van der Waals surface area contributed by atoms with Crippen LogP contribution in [0.2, 0.25) is 0 Å². The largest absolute Gasteiger partial charge is 0.372 e. The van der Waals surface area contributed by atoms with Crippen molar-refractivity contribution in [3.8, 4) is 0 Å². The predicted octanol–water partition coefficient (Wildman–Crippen LogP) is 2.30. The van der Waals surface area contributed by atoms with E-state index in [0.717, 1.165) is 0 Å². The van der Waals surface area contributed by atoms with Gasteiger partial charge in [0.05, 0.1) is 23.7 Å². The summed E-state index contributed by atoms with van der Waals surface area (Å²) in [5, 5.41) is 10.6. The zero-order valence-corrected chi connectivity index (χ0v) is 7.68. The molecule has 1 aromatic carbocycles. The molecule has 0 aliphatic heterocycles. The summed E-state index contributed by atoms with van der Waals surface area (Å²) in [6.45, 7) is 4.12. The molecule has 74 valence electrons. The van der Waals surface area contributed by atoms with Crippen LogP contribution >= 0.6 is 0 Å². The fourth-order valence-corrected chi connectivity index (χ4v) is 1.06. The van der Waals surface area contributed by atoms with E-state index in [1.807, 2.05) is 0 Å². The average Bonchev–Trinajstić information content (AvgIpc) is 2.19. The van der Waals surface area contributed by atoms with Crippen LogP contribution in [0.3, 0.4) is 0 Å². The highest BCUT2D eigenvalue weighted by molar-refractivity contribution is 5.39. The van der Waals surface area contributed by atoms with Crippen LogP contribution in [0.5, 0.6) is 0 Å². The van der Waals surface area contributed by atoms with E-state index in [1.165, 1.54) is 6.07 Å². The molecular weight excluding hydrogens is 182 g/mol. The molecular formula is C10H11NO3. The molecule has 0 fully saturated rings. The van der Waals surface area contributed by atoms with E-state index >= 15 is 0 Å². The number of benzene rings is 1. The molecule has 0 radical (unpaired) electrons. The Bertz CT molecular complexity index is 336. The van der Waals surface area contributed by atoms with Gasteiger partial charge in [-0.25, -0.2) is 0 Å². The molecule has 0 aliphatic carbocycles. The van der Waals surface area contributed by atoms with E-state index in [9.17, 15) is 10.1 Å². The summed E-state index contributed by atoms with van der Waals surface area (Å²) in [5.74, 6) is 0. The van der Waals surface area contributed by atoms with E-state index in [2.05, 4.69) is 6.58 Å². The molecule has 4 heteroatoms.